The van der Waals surface area contributed by atoms with Gasteiger partial charge in [-0.15, -0.1) is 0 Å². The van der Waals surface area contributed by atoms with Gasteiger partial charge in [-0.05, 0) is 76.3 Å². The number of phosphoric ester groups is 1. The number of likely N-dealkylation sites (N-methyl/N-ethyl adjacent to an activating group) is 1. The van der Waals surface area contributed by atoms with Crippen molar-refractivity contribution in [1.29, 1.82) is 0 Å². The Kier molecular flexibility index (Phi) is 31.1. The van der Waals surface area contributed by atoms with Crippen LogP contribution in [-0.4, -0.2) is 86.1 Å². The minimum atomic E-state index is -4.42. The lowest BCUT2D eigenvalue weighted by molar-refractivity contribution is -0.870. The van der Waals surface area contributed by atoms with E-state index in [1.807, 2.05) is 51.5 Å². The molecule has 0 aliphatic heterocycles. The monoisotopic (exact) mass is 865 g/mol. The molecule has 0 spiro atoms. The first kappa shape index (κ1) is 55.2. The summed E-state index contributed by atoms with van der Waals surface area (Å²) in [5.41, 5.74) is 2.59. The van der Waals surface area contributed by atoms with Gasteiger partial charge in [-0.3, -0.25) is 18.6 Å². The van der Waals surface area contributed by atoms with Crippen LogP contribution >= 0.6 is 7.82 Å². The van der Waals surface area contributed by atoms with Crippen LogP contribution in [0, 0.1) is 13.8 Å². The molecule has 11 nitrogen and oxygen atoms in total. The molecule has 344 valence electrons. The highest BCUT2D eigenvalue weighted by Gasteiger charge is 2.27. The molecule has 0 radical (unpaired) electrons. The van der Waals surface area contributed by atoms with Gasteiger partial charge in [0.15, 0.2) is 6.10 Å². The van der Waals surface area contributed by atoms with Gasteiger partial charge in [0, 0.05) is 25.7 Å². The van der Waals surface area contributed by atoms with Crippen molar-refractivity contribution < 1.29 is 51.6 Å². The van der Waals surface area contributed by atoms with Crippen LogP contribution < -0.4 is 0 Å². The molecule has 0 saturated carbocycles. The van der Waals surface area contributed by atoms with Gasteiger partial charge in [0.05, 0.1) is 33.9 Å². The number of allylic oxidation sites excluding steroid dienone is 7. The molecule has 0 aliphatic rings. The summed E-state index contributed by atoms with van der Waals surface area (Å²) in [7, 11) is 1.38. The summed E-state index contributed by atoms with van der Waals surface area (Å²) in [4.78, 5) is 35.5. The SMILES string of the molecule is CCCCCc1oc(CCCCCCCCC(=O)O[C@H](COC(=O)CCC/C=C\C/C=C\C/C=C\C=C\[C@H](O)CCCCC)COP(=O)(O)OCC[N+](C)(C)C)c(C)c1C. The number of nitrogens with zero attached hydrogens (tertiary/aromatic N) is 1. The van der Waals surface area contributed by atoms with Crippen molar-refractivity contribution in [2.75, 3.05) is 47.5 Å². The molecule has 1 aromatic heterocycles. The smallest absolute Gasteiger partial charge is 0.466 e. The number of furan rings is 1. The zero-order valence-electron chi connectivity index (χ0n) is 38.5. The van der Waals surface area contributed by atoms with Crippen LogP contribution in [0.5, 0.6) is 0 Å². The Morgan fingerprint density at radius 3 is 1.97 bits per heavy atom. The molecule has 0 amide bonds. The maximum Gasteiger partial charge on any atom is 0.472 e. The second-order valence-electron chi connectivity index (χ2n) is 16.9. The number of ether oxygens (including phenoxy) is 2. The van der Waals surface area contributed by atoms with Gasteiger partial charge in [-0.2, -0.15) is 0 Å². The minimum Gasteiger partial charge on any atom is -0.466 e. The summed E-state index contributed by atoms with van der Waals surface area (Å²) in [6.07, 6.45) is 33.3. The Labute approximate surface area is 363 Å². The van der Waals surface area contributed by atoms with Gasteiger partial charge in [0.25, 0.3) is 0 Å². The van der Waals surface area contributed by atoms with E-state index in [1.165, 1.54) is 30.4 Å². The van der Waals surface area contributed by atoms with E-state index in [0.29, 0.717) is 30.3 Å². The molecule has 0 bridgehead atoms. The first-order valence-corrected chi connectivity index (χ1v) is 24.3. The highest BCUT2D eigenvalue weighted by Crippen LogP contribution is 2.43. The highest BCUT2D eigenvalue weighted by molar-refractivity contribution is 7.47. The topological polar surface area (TPSA) is 142 Å². The molecule has 0 aromatic carbocycles. The van der Waals surface area contributed by atoms with Gasteiger partial charge in [0.2, 0.25) is 0 Å². The van der Waals surface area contributed by atoms with E-state index < -0.39 is 32.5 Å². The molecule has 1 rings (SSSR count). The molecule has 2 N–H and O–H groups in total. The predicted molar refractivity (Wildman–Crippen MR) is 243 cm³/mol. The van der Waals surface area contributed by atoms with Gasteiger partial charge >= 0.3 is 19.8 Å². The van der Waals surface area contributed by atoms with Crippen LogP contribution in [-0.2, 0) is 45.5 Å². The summed E-state index contributed by atoms with van der Waals surface area (Å²) in [5.74, 6) is 1.33. The molecule has 60 heavy (non-hydrogen) atoms. The molecule has 1 aromatic rings. The maximum atomic E-state index is 12.8. The molecule has 0 saturated heterocycles. The number of phosphoric acid groups is 1. The van der Waals surface area contributed by atoms with Crippen molar-refractivity contribution in [1.82, 2.24) is 0 Å². The normalized spacial score (nSPS) is 14.5. The number of hydrogen-bond acceptors (Lipinski definition) is 9. The number of esters is 2. The molecule has 0 fully saturated rings. The zero-order chi connectivity index (χ0) is 44.5. The van der Waals surface area contributed by atoms with Gasteiger partial charge < -0.3 is 28.4 Å². The third-order valence-electron chi connectivity index (χ3n) is 10.2. The van der Waals surface area contributed by atoms with Crippen molar-refractivity contribution in [3.05, 3.63) is 71.3 Å². The van der Waals surface area contributed by atoms with E-state index in [0.717, 1.165) is 95.0 Å². The first-order valence-electron chi connectivity index (χ1n) is 22.8. The van der Waals surface area contributed by atoms with Crippen LogP contribution in [0.15, 0.2) is 53.0 Å². The lowest BCUT2D eigenvalue weighted by Gasteiger charge is -2.24. The molecular formula is C48H83NO10P+. The van der Waals surface area contributed by atoms with E-state index >= 15 is 0 Å². The lowest BCUT2D eigenvalue weighted by Crippen LogP contribution is -2.37. The average Bonchev–Trinajstić information content (AvgIpc) is 3.46. The number of quaternary nitrogens is 1. The maximum absolute atomic E-state index is 12.8. The number of rotatable bonds is 37. The van der Waals surface area contributed by atoms with Crippen LogP contribution in [0.3, 0.4) is 0 Å². The highest BCUT2D eigenvalue weighted by atomic mass is 31.2. The number of carbonyl (C=O) groups excluding carboxylic acids is 2. The predicted octanol–water partition coefficient (Wildman–Crippen LogP) is 11.3. The van der Waals surface area contributed by atoms with Gasteiger partial charge in [0.1, 0.15) is 31.3 Å². The van der Waals surface area contributed by atoms with Crippen molar-refractivity contribution in [3.63, 3.8) is 0 Å². The lowest BCUT2D eigenvalue weighted by atomic mass is 10.0. The molecule has 0 aliphatic carbocycles. The van der Waals surface area contributed by atoms with E-state index in [2.05, 4.69) is 45.9 Å². The molecule has 3 atom stereocenters. The number of carbonyl (C=O) groups is 2. The summed E-state index contributed by atoms with van der Waals surface area (Å²) in [5, 5.41) is 9.91. The first-order chi connectivity index (χ1) is 28.7. The van der Waals surface area contributed by atoms with E-state index in [1.54, 1.807) is 0 Å². The Morgan fingerprint density at radius 2 is 1.30 bits per heavy atom. The van der Waals surface area contributed by atoms with Crippen molar-refractivity contribution in [2.45, 2.75) is 175 Å². The van der Waals surface area contributed by atoms with E-state index in [-0.39, 0.29) is 32.2 Å². The number of aryl methyl sites for hydroxylation is 2. The molecule has 1 heterocycles. The molecule has 12 heteroatoms. The largest absolute Gasteiger partial charge is 0.472 e. The van der Waals surface area contributed by atoms with Crippen LogP contribution in [0.1, 0.15) is 158 Å². The van der Waals surface area contributed by atoms with E-state index in [9.17, 15) is 24.2 Å². The van der Waals surface area contributed by atoms with Crippen LogP contribution in [0.25, 0.3) is 0 Å². The standard InChI is InChI=1S/C48H82NO10P/c1-8-10-25-31-43(50)32-27-21-17-15-13-12-14-16-18-23-29-35-47(51)55-39-44(40-57-60(53,54)56-38-37-49(5,6)7)58-48(52)36-30-24-20-19-22-28-34-46-42(4)41(3)45(59-46)33-26-11-9-2/h12-13,16-18,21,27,32,43-44,50H,8-11,14-15,19-20,22-26,28-31,33-40H2,1-7H3/p+1/b13-12-,18-16-,21-17-,32-27+/t43-,44-/m1/s1. The summed E-state index contributed by atoms with van der Waals surface area (Å²) in [6, 6.07) is 0. The number of unbranched alkanes of at least 4 members (excludes halogenated alkanes) is 10. The molecule has 1 unspecified atom stereocenters. The van der Waals surface area contributed by atoms with E-state index in [4.69, 9.17) is 22.9 Å². The Bertz CT molecular complexity index is 1460. The Balaban J connectivity index is 2.44. The summed E-state index contributed by atoms with van der Waals surface area (Å²) < 4.78 is 40.5. The Hall–Kier alpha value is -2.79. The van der Waals surface area contributed by atoms with Crippen LogP contribution in [0.4, 0.5) is 0 Å². The average molecular weight is 865 g/mol. The fourth-order valence-electron chi connectivity index (χ4n) is 6.24. The third kappa shape index (κ3) is 30.3. The minimum absolute atomic E-state index is 0.00459. The number of aliphatic hydroxyl groups excluding tert-OH is 1. The zero-order valence-corrected chi connectivity index (χ0v) is 39.4. The number of aliphatic hydroxyl groups is 1. The quantitative estimate of drug-likeness (QED) is 0.0166. The van der Waals surface area contributed by atoms with Crippen molar-refractivity contribution in [2.24, 2.45) is 0 Å². The fourth-order valence-corrected chi connectivity index (χ4v) is 6.98. The van der Waals surface area contributed by atoms with Crippen LogP contribution in [0.2, 0.25) is 0 Å². The summed E-state index contributed by atoms with van der Waals surface area (Å²) in [6.45, 7) is 8.45. The molecular weight excluding hydrogens is 781 g/mol. The fraction of sp³-hybridized carbons (Fsp3) is 0.708. The summed E-state index contributed by atoms with van der Waals surface area (Å²) >= 11 is 0. The number of hydrogen-bond donors (Lipinski definition) is 2. The third-order valence-corrected chi connectivity index (χ3v) is 11.2. The van der Waals surface area contributed by atoms with Gasteiger partial charge in [-0.25, -0.2) is 4.57 Å². The Morgan fingerprint density at radius 1 is 0.717 bits per heavy atom. The second kappa shape index (κ2) is 33.8. The van der Waals surface area contributed by atoms with Crippen molar-refractivity contribution in [3.8, 4) is 0 Å². The van der Waals surface area contributed by atoms with Gasteiger partial charge in [-0.1, -0.05) is 120 Å². The second-order valence-corrected chi connectivity index (χ2v) is 18.3. The van der Waals surface area contributed by atoms with Crippen molar-refractivity contribution >= 4 is 19.8 Å².